The highest BCUT2D eigenvalue weighted by molar-refractivity contribution is 7.16. The molecule has 0 radical (unpaired) electrons. The highest BCUT2D eigenvalue weighted by Crippen LogP contribution is 2.34. The van der Waals surface area contributed by atoms with Crippen LogP contribution < -0.4 is 5.32 Å². The van der Waals surface area contributed by atoms with E-state index in [1.54, 1.807) is 21.7 Å². The summed E-state index contributed by atoms with van der Waals surface area (Å²) in [5, 5.41) is 19.0. The lowest BCUT2D eigenvalue weighted by Gasteiger charge is -2.37. The van der Waals surface area contributed by atoms with Crippen LogP contribution in [0.4, 0.5) is 19.4 Å². The third-order valence-corrected chi connectivity index (χ3v) is 7.68. The Morgan fingerprint density at radius 1 is 1.25 bits per heavy atom. The molecule has 3 aromatic rings. The molecule has 2 amide bonds. The maximum absolute atomic E-state index is 13.4. The van der Waals surface area contributed by atoms with Crippen LogP contribution in [0.15, 0.2) is 23.8 Å². The number of aromatic nitrogens is 4. The normalized spacial score (nSPS) is 17.5. The summed E-state index contributed by atoms with van der Waals surface area (Å²) in [6.07, 6.45) is 2.28. The lowest BCUT2D eigenvalue weighted by molar-refractivity contribution is 0.0388. The van der Waals surface area contributed by atoms with Gasteiger partial charge in [0.25, 0.3) is 12.3 Å². The molecule has 2 N–H and O–H groups in total. The molecule has 192 valence electrons. The third-order valence-electron chi connectivity index (χ3n) is 6.80. The maximum atomic E-state index is 13.4. The quantitative estimate of drug-likeness (QED) is 0.464. The molecular weight excluding hydrogens is 492 g/mol. The summed E-state index contributed by atoms with van der Waals surface area (Å²) < 4.78 is 27.4. The molecule has 4 heterocycles. The summed E-state index contributed by atoms with van der Waals surface area (Å²) in [6.45, 7) is 1.76. The second-order valence-corrected chi connectivity index (χ2v) is 10.2. The first-order valence-electron chi connectivity index (χ1n) is 11.9. The topological polar surface area (TPSA) is 116 Å². The number of carbonyl (C=O) groups is 2. The Bertz CT molecular complexity index is 1250. The number of alkyl halides is 2. The van der Waals surface area contributed by atoms with E-state index in [1.807, 2.05) is 11.6 Å². The summed E-state index contributed by atoms with van der Waals surface area (Å²) >= 11 is 1.50. The van der Waals surface area contributed by atoms with Gasteiger partial charge in [0.2, 0.25) is 0 Å². The number of amides is 2. The smallest absolute Gasteiger partial charge is 0.407 e. The number of likely N-dealkylation sites (tertiary alicyclic amines) is 1. The van der Waals surface area contributed by atoms with Gasteiger partial charge >= 0.3 is 6.09 Å². The van der Waals surface area contributed by atoms with E-state index in [-0.39, 0.29) is 43.6 Å². The standard InChI is InChI=1S/C23H27F2N7O3S/c1-13(14-2-3-14)27-19-10-17(28-20(29-19)16-11-26-32-8-9-36-22(16)32)21(33)30-6-4-15(5-7-30)31(23(34)35)12-18(24)25/h8-11,13-15,18H,2-7,12H2,1H3,(H,34,35)(H,27,28,29)/t13-/m0/s1. The summed E-state index contributed by atoms with van der Waals surface area (Å²) in [6, 6.07) is 1.29. The fourth-order valence-electron chi connectivity index (χ4n) is 4.65. The van der Waals surface area contributed by atoms with Gasteiger partial charge in [0.15, 0.2) is 5.82 Å². The minimum Gasteiger partial charge on any atom is -0.465 e. The van der Waals surface area contributed by atoms with E-state index in [0.717, 1.165) is 28.1 Å². The maximum Gasteiger partial charge on any atom is 0.407 e. The number of hydrogen-bond acceptors (Lipinski definition) is 7. The number of rotatable bonds is 8. The van der Waals surface area contributed by atoms with E-state index in [2.05, 4.69) is 27.3 Å². The molecular formula is C23H27F2N7O3S. The number of carbonyl (C=O) groups excluding carboxylic acids is 1. The number of carboxylic acid groups (broad SMARTS) is 1. The molecule has 2 aliphatic rings. The van der Waals surface area contributed by atoms with Crippen LogP contribution in [0.2, 0.25) is 0 Å². The lowest BCUT2D eigenvalue weighted by atomic mass is 10.0. The SMILES string of the molecule is C[C@H](Nc1cc(C(=O)N2CCC(N(CC(F)F)C(=O)O)CC2)nc(-c2cnn3ccsc23)n1)C1CC1. The Morgan fingerprint density at radius 2 is 2.00 bits per heavy atom. The molecule has 1 atom stereocenters. The molecule has 36 heavy (non-hydrogen) atoms. The first-order valence-corrected chi connectivity index (χ1v) is 12.8. The molecule has 1 saturated heterocycles. The molecule has 10 nitrogen and oxygen atoms in total. The fraction of sp³-hybridized carbons (Fsp3) is 0.522. The number of nitrogens with one attached hydrogen (secondary N) is 1. The Balaban J connectivity index is 1.37. The van der Waals surface area contributed by atoms with Crippen LogP contribution in [0, 0.1) is 5.92 Å². The van der Waals surface area contributed by atoms with Crippen molar-refractivity contribution < 1.29 is 23.5 Å². The van der Waals surface area contributed by atoms with Crippen LogP contribution in [0.25, 0.3) is 16.2 Å². The Labute approximate surface area is 209 Å². The van der Waals surface area contributed by atoms with E-state index < -0.39 is 25.1 Å². The van der Waals surface area contributed by atoms with Crippen LogP contribution in [-0.2, 0) is 0 Å². The zero-order chi connectivity index (χ0) is 25.4. The highest BCUT2D eigenvalue weighted by Gasteiger charge is 2.33. The van der Waals surface area contributed by atoms with Crippen LogP contribution in [0.3, 0.4) is 0 Å². The molecule has 0 bridgehead atoms. The van der Waals surface area contributed by atoms with Crippen LogP contribution in [-0.4, -0.2) is 84.6 Å². The summed E-state index contributed by atoms with van der Waals surface area (Å²) in [5.41, 5.74) is 0.951. The Morgan fingerprint density at radius 3 is 2.67 bits per heavy atom. The van der Waals surface area contributed by atoms with Gasteiger partial charge in [0.1, 0.15) is 16.3 Å². The predicted octanol–water partition coefficient (Wildman–Crippen LogP) is 3.91. The second-order valence-electron chi connectivity index (χ2n) is 9.29. The number of thiazole rings is 1. The molecule has 0 spiro atoms. The van der Waals surface area contributed by atoms with Gasteiger partial charge in [0, 0.05) is 42.8 Å². The molecule has 13 heteroatoms. The van der Waals surface area contributed by atoms with Gasteiger partial charge in [-0.15, -0.1) is 11.3 Å². The molecule has 0 aromatic carbocycles. The minimum atomic E-state index is -2.75. The minimum absolute atomic E-state index is 0.206. The average molecular weight is 520 g/mol. The van der Waals surface area contributed by atoms with Crippen molar-refractivity contribution in [1.29, 1.82) is 0 Å². The molecule has 2 fully saturated rings. The predicted molar refractivity (Wildman–Crippen MR) is 130 cm³/mol. The molecule has 1 saturated carbocycles. The van der Waals surface area contributed by atoms with E-state index in [1.165, 1.54) is 11.3 Å². The summed E-state index contributed by atoms with van der Waals surface area (Å²) in [5.74, 6) is 1.23. The van der Waals surface area contributed by atoms with Crippen molar-refractivity contribution in [2.75, 3.05) is 25.0 Å². The van der Waals surface area contributed by atoms with Gasteiger partial charge < -0.3 is 15.3 Å². The lowest BCUT2D eigenvalue weighted by Crippen LogP contribution is -2.49. The monoisotopic (exact) mass is 519 g/mol. The van der Waals surface area contributed by atoms with E-state index in [4.69, 9.17) is 0 Å². The largest absolute Gasteiger partial charge is 0.465 e. The zero-order valence-corrected chi connectivity index (χ0v) is 20.5. The second kappa shape index (κ2) is 9.96. The first kappa shape index (κ1) is 24.3. The highest BCUT2D eigenvalue weighted by atomic mass is 32.1. The number of halogens is 2. The van der Waals surface area contributed by atoms with Crippen LogP contribution >= 0.6 is 11.3 Å². The Kier molecular flexibility index (Phi) is 6.73. The fourth-order valence-corrected chi connectivity index (χ4v) is 5.45. The number of hydrogen-bond donors (Lipinski definition) is 2. The van der Waals surface area contributed by atoms with Gasteiger partial charge in [-0.05, 0) is 38.5 Å². The average Bonchev–Trinajstić information content (AvgIpc) is 3.48. The molecule has 1 aliphatic heterocycles. The van der Waals surface area contributed by atoms with E-state index >= 15 is 0 Å². The van der Waals surface area contributed by atoms with Gasteiger partial charge in [-0.3, -0.25) is 9.69 Å². The first-order chi connectivity index (χ1) is 17.3. The van der Waals surface area contributed by atoms with Gasteiger partial charge in [0.05, 0.1) is 18.3 Å². The number of fused-ring (bicyclic) bond motifs is 1. The van der Waals surface area contributed by atoms with Gasteiger partial charge in [-0.25, -0.2) is 28.1 Å². The van der Waals surface area contributed by atoms with E-state index in [0.29, 0.717) is 17.6 Å². The third kappa shape index (κ3) is 5.11. The van der Waals surface area contributed by atoms with Crippen molar-refractivity contribution in [3.8, 4) is 11.4 Å². The molecule has 3 aromatic heterocycles. The molecule has 5 rings (SSSR count). The number of anilines is 1. The van der Waals surface area contributed by atoms with Crippen LogP contribution in [0.1, 0.15) is 43.1 Å². The van der Waals surface area contributed by atoms with Crippen molar-refractivity contribution >= 4 is 34.0 Å². The van der Waals surface area contributed by atoms with Crippen molar-refractivity contribution in [3.63, 3.8) is 0 Å². The summed E-state index contributed by atoms with van der Waals surface area (Å²) in [7, 11) is 0. The van der Waals surface area contributed by atoms with Gasteiger partial charge in [-0.2, -0.15) is 5.10 Å². The molecule has 0 unspecified atom stereocenters. The van der Waals surface area contributed by atoms with Crippen molar-refractivity contribution in [2.45, 2.75) is 51.1 Å². The number of nitrogens with zero attached hydrogens (tertiary/aromatic N) is 6. The van der Waals surface area contributed by atoms with Crippen molar-refractivity contribution in [3.05, 3.63) is 29.5 Å². The van der Waals surface area contributed by atoms with Crippen LogP contribution in [0.5, 0.6) is 0 Å². The Hall–Kier alpha value is -3.35. The van der Waals surface area contributed by atoms with Gasteiger partial charge in [-0.1, -0.05) is 0 Å². The zero-order valence-electron chi connectivity index (χ0n) is 19.7. The van der Waals surface area contributed by atoms with Crippen molar-refractivity contribution in [1.82, 2.24) is 29.4 Å². The van der Waals surface area contributed by atoms with Crippen molar-refractivity contribution in [2.24, 2.45) is 5.92 Å². The summed E-state index contributed by atoms with van der Waals surface area (Å²) in [4.78, 5) is 37.4. The number of piperidine rings is 1. The molecule has 1 aliphatic carbocycles. The van der Waals surface area contributed by atoms with E-state index in [9.17, 15) is 23.5 Å².